The van der Waals surface area contributed by atoms with Gasteiger partial charge in [-0.15, -0.1) is 10.1 Å². The maximum Gasteiger partial charge on any atom is 0.407 e. The molecule has 1 heterocycles. The number of carbonyl (C=O) groups excluding carboxylic acids is 1. The van der Waals surface area contributed by atoms with Crippen LogP contribution in [0.15, 0.2) is 0 Å². The molecule has 0 spiro atoms. The monoisotopic (exact) mass is 289 g/mol. The molecule has 0 radical (unpaired) electrons. The van der Waals surface area contributed by atoms with Crippen molar-refractivity contribution in [1.82, 2.24) is 10.2 Å². The van der Waals surface area contributed by atoms with Gasteiger partial charge in [-0.05, 0) is 18.8 Å². The smallest absolute Gasteiger partial charge is 0.407 e. The number of amides is 1. The van der Waals surface area contributed by atoms with Crippen molar-refractivity contribution in [3.05, 3.63) is 10.1 Å². The van der Waals surface area contributed by atoms with Crippen molar-refractivity contribution < 1.29 is 19.5 Å². The maximum absolute atomic E-state index is 11.4. The minimum Gasteiger partial charge on any atom is -0.446 e. The molecule has 1 aliphatic rings. The molecule has 1 amide bonds. The number of alkyl carbamates (subject to hydrolysis) is 1. The Morgan fingerprint density at radius 1 is 1.45 bits per heavy atom. The highest BCUT2D eigenvalue weighted by atomic mass is 16.9. The number of carbonyl (C=O) groups is 1. The summed E-state index contributed by atoms with van der Waals surface area (Å²) >= 11 is 0. The summed E-state index contributed by atoms with van der Waals surface area (Å²) in [5.74, 6) is 0.636. The topological polar surface area (TPSA) is 93.9 Å². The van der Waals surface area contributed by atoms with Gasteiger partial charge in [-0.25, -0.2) is 4.79 Å². The molecule has 1 aliphatic heterocycles. The van der Waals surface area contributed by atoms with Crippen LogP contribution in [0.25, 0.3) is 0 Å². The summed E-state index contributed by atoms with van der Waals surface area (Å²) in [6.45, 7) is 7.19. The molecule has 0 saturated carbocycles. The van der Waals surface area contributed by atoms with Gasteiger partial charge in [0.2, 0.25) is 0 Å². The quantitative estimate of drug-likeness (QED) is 0.427. The molecular formula is C12H23N3O5. The van der Waals surface area contributed by atoms with Gasteiger partial charge >= 0.3 is 6.09 Å². The van der Waals surface area contributed by atoms with Crippen molar-refractivity contribution in [2.75, 3.05) is 32.8 Å². The van der Waals surface area contributed by atoms with E-state index in [0.29, 0.717) is 5.92 Å². The van der Waals surface area contributed by atoms with E-state index in [2.05, 4.69) is 28.9 Å². The van der Waals surface area contributed by atoms with Crippen LogP contribution in [0.3, 0.4) is 0 Å². The Morgan fingerprint density at radius 2 is 2.10 bits per heavy atom. The minimum absolute atomic E-state index is 0.0615. The SMILES string of the molecule is CC(C)CN1CCC(OC(=O)NCCO[N+](=O)[O-])CC1. The van der Waals surface area contributed by atoms with Gasteiger partial charge in [0.1, 0.15) is 12.7 Å². The average Bonchev–Trinajstić information content (AvgIpc) is 2.36. The Kier molecular flexibility index (Phi) is 7.06. The van der Waals surface area contributed by atoms with Crippen molar-refractivity contribution in [1.29, 1.82) is 0 Å². The highest BCUT2D eigenvalue weighted by molar-refractivity contribution is 5.67. The zero-order valence-corrected chi connectivity index (χ0v) is 12.0. The van der Waals surface area contributed by atoms with Gasteiger partial charge in [-0.2, -0.15) is 0 Å². The highest BCUT2D eigenvalue weighted by Gasteiger charge is 2.22. The van der Waals surface area contributed by atoms with Gasteiger partial charge in [0.15, 0.2) is 0 Å². The lowest BCUT2D eigenvalue weighted by molar-refractivity contribution is -0.757. The first-order chi connectivity index (χ1) is 9.47. The molecule has 8 nitrogen and oxygen atoms in total. The van der Waals surface area contributed by atoms with Crippen LogP contribution in [0.1, 0.15) is 26.7 Å². The summed E-state index contributed by atoms with van der Waals surface area (Å²) in [6, 6.07) is 0. The van der Waals surface area contributed by atoms with Gasteiger partial charge in [-0.1, -0.05) is 13.8 Å². The largest absolute Gasteiger partial charge is 0.446 e. The van der Waals surface area contributed by atoms with Gasteiger partial charge in [0.05, 0.1) is 0 Å². The predicted octanol–water partition coefficient (Wildman–Crippen LogP) is 1.04. The zero-order valence-electron chi connectivity index (χ0n) is 12.0. The lowest BCUT2D eigenvalue weighted by Gasteiger charge is -2.32. The molecule has 0 unspecified atom stereocenters. The third-order valence-electron chi connectivity index (χ3n) is 3.00. The first-order valence-corrected chi connectivity index (χ1v) is 6.91. The van der Waals surface area contributed by atoms with Crippen LogP contribution in [0.4, 0.5) is 4.79 Å². The Labute approximate surface area is 118 Å². The molecule has 0 aromatic heterocycles. The zero-order chi connectivity index (χ0) is 15.0. The lowest BCUT2D eigenvalue weighted by atomic mass is 10.1. The van der Waals surface area contributed by atoms with Crippen molar-refractivity contribution in [3.8, 4) is 0 Å². The molecule has 1 saturated heterocycles. The first-order valence-electron chi connectivity index (χ1n) is 6.91. The van der Waals surface area contributed by atoms with Gasteiger partial charge in [0, 0.05) is 26.2 Å². The molecule has 1 N–H and O–H groups in total. The number of nitrogens with one attached hydrogen (secondary N) is 1. The lowest BCUT2D eigenvalue weighted by Crippen LogP contribution is -2.41. The van der Waals surface area contributed by atoms with Crippen molar-refractivity contribution in [3.63, 3.8) is 0 Å². The second-order valence-corrected chi connectivity index (χ2v) is 5.28. The molecule has 0 bridgehead atoms. The van der Waals surface area contributed by atoms with Crippen LogP contribution in [-0.2, 0) is 9.57 Å². The molecule has 0 atom stereocenters. The van der Waals surface area contributed by atoms with Crippen LogP contribution < -0.4 is 5.32 Å². The third kappa shape index (κ3) is 7.13. The second kappa shape index (κ2) is 8.57. The highest BCUT2D eigenvalue weighted by Crippen LogP contribution is 2.14. The molecule has 0 aliphatic carbocycles. The third-order valence-corrected chi connectivity index (χ3v) is 3.00. The van der Waals surface area contributed by atoms with E-state index in [4.69, 9.17) is 4.74 Å². The molecule has 0 aromatic carbocycles. The molecule has 0 aromatic rings. The number of piperidine rings is 1. The van der Waals surface area contributed by atoms with Crippen molar-refractivity contribution in [2.45, 2.75) is 32.8 Å². The molecule has 20 heavy (non-hydrogen) atoms. The average molecular weight is 289 g/mol. The van der Waals surface area contributed by atoms with Crippen LogP contribution >= 0.6 is 0 Å². The number of ether oxygens (including phenoxy) is 1. The van der Waals surface area contributed by atoms with Gasteiger partial charge < -0.3 is 19.8 Å². The van der Waals surface area contributed by atoms with E-state index in [9.17, 15) is 14.9 Å². The van der Waals surface area contributed by atoms with E-state index in [1.54, 1.807) is 0 Å². The second-order valence-electron chi connectivity index (χ2n) is 5.28. The van der Waals surface area contributed by atoms with E-state index in [-0.39, 0.29) is 19.3 Å². The van der Waals surface area contributed by atoms with E-state index in [1.165, 1.54) is 0 Å². The Hall–Kier alpha value is -1.57. The summed E-state index contributed by atoms with van der Waals surface area (Å²) in [4.78, 5) is 27.8. The van der Waals surface area contributed by atoms with Crippen molar-refractivity contribution in [2.24, 2.45) is 5.92 Å². The summed E-state index contributed by atoms with van der Waals surface area (Å²) in [5, 5.41) is 11.4. The van der Waals surface area contributed by atoms with E-state index < -0.39 is 11.2 Å². The Balaban J connectivity index is 2.10. The standard InChI is InChI=1S/C12H23N3O5/c1-10(2)9-14-6-3-11(4-7-14)20-12(16)13-5-8-19-15(17)18/h10-11H,3-9H2,1-2H3,(H,13,16). The molecular weight excluding hydrogens is 266 g/mol. The number of hydrogen-bond donors (Lipinski definition) is 1. The predicted molar refractivity (Wildman–Crippen MR) is 71.7 cm³/mol. The summed E-state index contributed by atoms with van der Waals surface area (Å²) < 4.78 is 5.25. The molecule has 1 rings (SSSR count). The fraction of sp³-hybridized carbons (Fsp3) is 0.917. The summed E-state index contributed by atoms with van der Waals surface area (Å²) in [6.07, 6.45) is 1.03. The van der Waals surface area contributed by atoms with E-state index in [0.717, 1.165) is 32.5 Å². The summed E-state index contributed by atoms with van der Waals surface area (Å²) in [5.41, 5.74) is 0. The fourth-order valence-corrected chi connectivity index (χ4v) is 2.19. The number of likely N-dealkylation sites (tertiary alicyclic amines) is 1. The fourth-order valence-electron chi connectivity index (χ4n) is 2.19. The Morgan fingerprint density at radius 3 is 2.65 bits per heavy atom. The van der Waals surface area contributed by atoms with Crippen LogP contribution in [0, 0.1) is 16.0 Å². The molecule has 116 valence electrons. The van der Waals surface area contributed by atoms with Crippen molar-refractivity contribution >= 4 is 6.09 Å². The Bertz CT molecular complexity index is 316. The summed E-state index contributed by atoms with van der Waals surface area (Å²) in [7, 11) is 0. The minimum atomic E-state index is -0.891. The number of rotatable bonds is 7. The number of hydrogen-bond acceptors (Lipinski definition) is 6. The maximum atomic E-state index is 11.4. The van der Waals surface area contributed by atoms with E-state index in [1.807, 2.05) is 0 Å². The molecule has 8 heteroatoms. The normalized spacial score (nSPS) is 16.9. The van der Waals surface area contributed by atoms with Gasteiger partial charge in [0.25, 0.3) is 5.09 Å². The van der Waals surface area contributed by atoms with Crippen LogP contribution in [0.5, 0.6) is 0 Å². The number of nitrogens with zero attached hydrogens (tertiary/aromatic N) is 2. The molecule has 1 fully saturated rings. The van der Waals surface area contributed by atoms with Gasteiger partial charge in [-0.3, -0.25) is 0 Å². The van der Waals surface area contributed by atoms with Crippen LogP contribution in [0.2, 0.25) is 0 Å². The van der Waals surface area contributed by atoms with Crippen LogP contribution in [-0.4, -0.2) is 55.0 Å². The van der Waals surface area contributed by atoms with E-state index >= 15 is 0 Å². The first kappa shape index (κ1) is 16.5.